The molecule has 0 atom stereocenters. The Balaban J connectivity index is 0.00000220. The molecular formula is C14H20Cl3N3O. The van der Waals surface area contributed by atoms with Gasteiger partial charge >= 0.3 is 0 Å². The van der Waals surface area contributed by atoms with Crippen LogP contribution in [0.2, 0.25) is 10.0 Å². The number of anilines is 1. The van der Waals surface area contributed by atoms with Crippen molar-refractivity contribution in [3.8, 4) is 0 Å². The second-order valence-corrected chi connectivity index (χ2v) is 5.97. The summed E-state index contributed by atoms with van der Waals surface area (Å²) >= 11 is 11.9. The number of amides is 1. The van der Waals surface area contributed by atoms with Gasteiger partial charge in [0.05, 0.1) is 17.3 Å². The van der Waals surface area contributed by atoms with Crippen LogP contribution in [0.25, 0.3) is 0 Å². The first-order valence-electron chi connectivity index (χ1n) is 6.76. The number of halogens is 3. The molecule has 1 aliphatic heterocycles. The van der Waals surface area contributed by atoms with Crippen LogP contribution in [-0.4, -0.2) is 37.0 Å². The maximum atomic E-state index is 12.0. The van der Waals surface area contributed by atoms with E-state index in [1.54, 1.807) is 18.2 Å². The molecule has 0 unspecified atom stereocenters. The SMILES string of the molecule is Cl.NCC1CCN(CC(=O)Nc2cc(Cl)ccc2Cl)CC1. The van der Waals surface area contributed by atoms with Crippen molar-refractivity contribution in [2.24, 2.45) is 11.7 Å². The topological polar surface area (TPSA) is 58.4 Å². The van der Waals surface area contributed by atoms with E-state index in [0.29, 0.717) is 28.2 Å². The molecule has 0 spiro atoms. The first kappa shape index (κ1) is 18.5. The zero-order valence-corrected chi connectivity index (χ0v) is 14.0. The van der Waals surface area contributed by atoms with E-state index in [2.05, 4.69) is 10.2 Å². The number of benzene rings is 1. The van der Waals surface area contributed by atoms with E-state index in [-0.39, 0.29) is 18.3 Å². The van der Waals surface area contributed by atoms with Crippen molar-refractivity contribution in [3.05, 3.63) is 28.2 Å². The highest BCUT2D eigenvalue weighted by molar-refractivity contribution is 6.35. The van der Waals surface area contributed by atoms with Crippen molar-refractivity contribution < 1.29 is 4.79 Å². The van der Waals surface area contributed by atoms with Gasteiger partial charge in [0.25, 0.3) is 0 Å². The minimum absolute atomic E-state index is 0. The van der Waals surface area contributed by atoms with Gasteiger partial charge in [-0.3, -0.25) is 9.69 Å². The maximum absolute atomic E-state index is 12.0. The molecular weight excluding hydrogens is 333 g/mol. The molecule has 0 radical (unpaired) electrons. The maximum Gasteiger partial charge on any atom is 0.238 e. The van der Waals surface area contributed by atoms with Crippen LogP contribution in [0.15, 0.2) is 18.2 Å². The van der Waals surface area contributed by atoms with E-state index in [0.717, 1.165) is 32.5 Å². The number of hydrogen-bond donors (Lipinski definition) is 2. The fraction of sp³-hybridized carbons (Fsp3) is 0.500. The molecule has 1 aromatic carbocycles. The third-order valence-electron chi connectivity index (χ3n) is 3.61. The van der Waals surface area contributed by atoms with E-state index in [9.17, 15) is 4.79 Å². The van der Waals surface area contributed by atoms with Gasteiger partial charge < -0.3 is 11.1 Å². The highest BCUT2D eigenvalue weighted by Crippen LogP contribution is 2.25. The summed E-state index contributed by atoms with van der Waals surface area (Å²) in [5.74, 6) is 0.525. The first-order chi connectivity index (χ1) is 9.58. The molecule has 1 amide bonds. The summed E-state index contributed by atoms with van der Waals surface area (Å²) in [6, 6.07) is 5.02. The Hall–Kier alpha value is -0.520. The molecule has 2 rings (SSSR count). The van der Waals surface area contributed by atoms with Crippen LogP contribution in [0.1, 0.15) is 12.8 Å². The van der Waals surface area contributed by atoms with Gasteiger partial charge in [-0.2, -0.15) is 0 Å². The van der Waals surface area contributed by atoms with Gasteiger partial charge in [-0.25, -0.2) is 0 Å². The smallest absolute Gasteiger partial charge is 0.238 e. The highest BCUT2D eigenvalue weighted by Gasteiger charge is 2.20. The van der Waals surface area contributed by atoms with Gasteiger partial charge in [0.1, 0.15) is 0 Å². The van der Waals surface area contributed by atoms with Gasteiger partial charge in [-0.05, 0) is 56.6 Å². The summed E-state index contributed by atoms with van der Waals surface area (Å²) in [4.78, 5) is 14.2. The Bertz CT molecular complexity index is 477. The number of piperidine rings is 1. The van der Waals surface area contributed by atoms with Crippen molar-refractivity contribution in [2.45, 2.75) is 12.8 Å². The molecule has 1 fully saturated rings. The minimum atomic E-state index is -0.0691. The standard InChI is InChI=1S/C14H19Cl2N3O.ClH/c15-11-1-2-12(16)13(7-11)18-14(20)9-19-5-3-10(8-17)4-6-19;/h1-2,7,10H,3-6,8-9,17H2,(H,18,20);1H. The fourth-order valence-corrected chi connectivity index (χ4v) is 2.70. The van der Waals surface area contributed by atoms with Gasteiger partial charge in [0.15, 0.2) is 0 Å². The predicted octanol–water partition coefficient (Wildman–Crippen LogP) is 3.02. The first-order valence-corrected chi connectivity index (χ1v) is 7.51. The van der Waals surface area contributed by atoms with Crippen LogP contribution in [-0.2, 0) is 4.79 Å². The monoisotopic (exact) mass is 351 g/mol. The van der Waals surface area contributed by atoms with Crippen molar-refractivity contribution in [1.82, 2.24) is 4.90 Å². The Morgan fingerprint density at radius 2 is 2.00 bits per heavy atom. The summed E-state index contributed by atoms with van der Waals surface area (Å²) in [7, 11) is 0. The van der Waals surface area contributed by atoms with Gasteiger partial charge in [-0.1, -0.05) is 23.2 Å². The van der Waals surface area contributed by atoms with Gasteiger partial charge in [0.2, 0.25) is 5.91 Å². The molecule has 118 valence electrons. The van der Waals surface area contributed by atoms with Crippen molar-refractivity contribution in [2.75, 3.05) is 31.5 Å². The van der Waals surface area contributed by atoms with E-state index in [1.165, 1.54) is 0 Å². The third kappa shape index (κ3) is 5.64. The largest absolute Gasteiger partial charge is 0.330 e. The second-order valence-electron chi connectivity index (χ2n) is 5.13. The normalized spacial score (nSPS) is 16.3. The number of carbonyl (C=O) groups is 1. The summed E-state index contributed by atoms with van der Waals surface area (Å²) < 4.78 is 0. The van der Waals surface area contributed by atoms with Crippen LogP contribution in [0.4, 0.5) is 5.69 Å². The Labute approximate surface area is 141 Å². The van der Waals surface area contributed by atoms with Crippen LogP contribution in [0.5, 0.6) is 0 Å². The number of nitrogens with two attached hydrogens (primary N) is 1. The molecule has 4 nitrogen and oxygen atoms in total. The fourth-order valence-electron chi connectivity index (χ4n) is 2.37. The Kier molecular flexibility index (Phi) is 7.77. The van der Waals surface area contributed by atoms with Crippen LogP contribution >= 0.6 is 35.6 Å². The van der Waals surface area contributed by atoms with E-state index in [4.69, 9.17) is 28.9 Å². The van der Waals surface area contributed by atoms with E-state index < -0.39 is 0 Å². The van der Waals surface area contributed by atoms with Crippen LogP contribution in [0.3, 0.4) is 0 Å². The zero-order valence-electron chi connectivity index (χ0n) is 11.6. The number of nitrogens with one attached hydrogen (secondary N) is 1. The molecule has 1 aromatic rings. The van der Waals surface area contributed by atoms with Crippen molar-refractivity contribution in [1.29, 1.82) is 0 Å². The molecule has 0 aliphatic carbocycles. The quantitative estimate of drug-likeness (QED) is 0.875. The average molecular weight is 353 g/mol. The molecule has 3 N–H and O–H groups in total. The van der Waals surface area contributed by atoms with E-state index in [1.807, 2.05) is 0 Å². The van der Waals surface area contributed by atoms with Gasteiger partial charge in [-0.15, -0.1) is 12.4 Å². The number of carbonyl (C=O) groups excluding carboxylic acids is 1. The molecule has 1 saturated heterocycles. The molecule has 0 aromatic heterocycles. The lowest BCUT2D eigenvalue weighted by atomic mass is 9.97. The minimum Gasteiger partial charge on any atom is -0.330 e. The van der Waals surface area contributed by atoms with Crippen molar-refractivity contribution >= 4 is 47.2 Å². The summed E-state index contributed by atoms with van der Waals surface area (Å²) in [5, 5.41) is 3.84. The predicted molar refractivity (Wildman–Crippen MR) is 90.6 cm³/mol. The van der Waals surface area contributed by atoms with Crippen LogP contribution < -0.4 is 11.1 Å². The average Bonchev–Trinajstić information content (AvgIpc) is 2.43. The summed E-state index contributed by atoms with van der Waals surface area (Å²) in [5.41, 5.74) is 6.21. The van der Waals surface area contributed by atoms with Crippen LogP contribution in [0, 0.1) is 5.92 Å². The summed E-state index contributed by atoms with van der Waals surface area (Å²) in [6.45, 7) is 2.94. The lowest BCUT2D eigenvalue weighted by Crippen LogP contribution is -2.40. The Morgan fingerprint density at radius 3 is 2.62 bits per heavy atom. The van der Waals surface area contributed by atoms with Gasteiger partial charge in [0, 0.05) is 5.02 Å². The van der Waals surface area contributed by atoms with Crippen molar-refractivity contribution in [3.63, 3.8) is 0 Å². The van der Waals surface area contributed by atoms with E-state index >= 15 is 0 Å². The molecule has 0 saturated carbocycles. The third-order valence-corrected chi connectivity index (χ3v) is 4.17. The lowest BCUT2D eigenvalue weighted by Gasteiger charge is -2.30. The number of hydrogen-bond acceptors (Lipinski definition) is 3. The second kappa shape index (κ2) is 8.81. The molecule has 7 heteroatoms. The number of rotatable bonds is 4. The highest BCUT2D eigenvalue weighted by atomic mass is 35.5. The Morgan fingerprint density at radius 1 is 1.33 bits per heavy atom. The molecule has 0 bridgehead atoms. The molecule has 1 aliphatic rings. The zero-order chi connectivity index (χ0) is 14.5. The number of nitrogens with zero attached hydrogens (tertiary/aromatic N) is 1. The lowest BCUT2D eigenvalue weighted by molar-refractivity contribution is -0.117. The summed E-state index contributed by atoms with van der Waals surface area (Å²) in [6.07, 6.45) is 2.11. The number of likely N-dealkylation sites (tertiary alicyclic amines) is 1. The molecule has 1 heterocycles. The molecule has 21 heavy (non-hydrogen) atoms.